The first kappa shape index (κ1) is 14.6. The minimum Gasteiger partial charge on any atom is -0.494 e. The highest BCUT2D eigenvalue weighted by molar-refractivity contribution is 9.09. The Hall–Kier alpha value is -0.500. The van der Waals surface area contributed by atoms with Gasteiger partial charge in [0.1, 0.15) is 5.75 Å². The molecule has 0 saturated carbocycles. The monoisotopic (exact) mass is 298 g/mol. The maximum Gasteiger partial charge on any atom is 0.123 e. The fourth-order valence-electron chi connectivity index (χ4n) is 2.08. The van der Waals surface area contributed by atoms with Crippen LogP contribution in [0.3, 0.4) is 0 Å². The highest BCUT2D eigenvalue weighted by atomic mass is 79.9. The van der Waals surface area contributed by atoms with Crippen molar-refractivity contribution in [2.75, 3.05) is 6.61 Å². The number of halogens is 1. The van der Waals surface area contributed by atoms with Crippen molar-refractivity contribution in [3.05, 3.63) is 29.3 Å². The molecule has 0 aliphatic heterocycles. The normalized spacial score (nSPS) is 14.4. The van der Waals surface area contributed by atoms with E-state index in [1.165, 1.54) is 24.0 Å². The van der Waals surface area contributed by atoms with E-state index in [9.17, 15) is 0 Å². The second kappa shape index (κ2) is 7.05. The van der Waals surface area contributed by atoms with Crippen LogP contribution in [-0.2, 0) is 0 Å². The number of hydrogen-bond donors (Lipinski definition) is 0. The average molecular weight is 299 g/mol. The van der Waals surface area contributed by atoms with Crippen molar-refractivity contribution in [1.29, 1.82) is 0 Å². The maximum absolute atomic E-state index is 5.71. The third-order valence-electron chi connectivity index (χ3n) is 3.01. The molecule has 2 heteroatoms. The Morgan fingerprint density at radius 2 is 2.00 bits per heavy atom. The summed E-state index contributed by atoms with van der Waals surface area (Å²) >= 11 is 3.83. The van der Waals surface area contributed by atoms with Crippen molar-refractivity contribution in [3.63, 3.8) is 0 Å². The van der Waals surface area contributed by atoms with E-state index in [2.05, 4.69) is 54.9 Å². The summed E-state index contributed by atoms with van der Waals surface area (Å²) in [5, 5.41) is 0. The summed E-state index contributed by atoms with van der Waals surface area (Å²) in [6.07, 6.45) is 2.45. The van der Waals surface area contributed by atoms with Crippen LogP contribution in [0.4, 0.5) is 0 Å². The first-order chi connectivity index (χ1) is 8.10. The minimum atomic E-state index is 0.379. The number of benzene rings is 1. The molecule has 0 spiro atoms. The van der Waals surface area contributed by atoms with E-state index in [1.807, 2.05) is 6.92 Å². The van der Waals surface area contributed by atoms with Crippen LogP contribution in [-0.4, -0.2) is 6.61 Å². The predicted molar refractivity (Wildman–Crippen MR) is 78.1 cm³/mol. The van der Waals surface area contributed by atoms with Gasteiger partial charge in [-0.2, -0.15) is 0 Å². The quantitative estimate of drug-likeness (QED) is 0.650. The van der Waals surface area contributed by atoms with Gasteiger partial charge in [-0.15, -0.1) is 0 Å². The standard InChI is InChI=1S/C15H23BrO/c1-5-7-12(4)15(16)13-10-11(3)8-9-14(13)17-6-2/h8-10,12,15H,5-7H2,1-4H3. The van der Waals surface area contributed by atoms with E-state index >= 15 is 0 Å². The fraction of sp³-hybridized carbons (Fsp3) is 0.600. The van der Waals surface area contributed by atoms with Gasteiger partial charge in [-0.1, -0.05) is 53.9 Å². The van der Waals surface area contributed by atoms with Gasteiger partial charge in [-0.05, 0) is 32.3 Å². The van der Waals surface area contributed by atoms with Gasteiger partial charge in [0.25, 0.3) is 0 Å². The topological polar surface area (TPSA) is 9.23 Å². The molecule has 0 aliphatic rings. The Labute approximate surface area is 114 Å². The Kier molecular flexibility index (Phi) is 6.04. The third-order valence-corrected chi connectivity index (χ3v) is 4.40. The summed E-state index contributed by atoms with van der Waals surface area (Å²) in [6.45, 7) is 9.40. The van der Waals surface area contributed by atoms with Crippen LogP contribution in [0.25, 0.3) is 0 Å². The van der Waals surface area contributed by atoms with Gasteiger partial charge >= 0.3 is 0 Å². The molecular formula is C15H23BrO. The molecule has 0 aliphatic carbocycles. The van der Waals surface area contributed by atoms with Crippen molar-refractivity contribution < 1.29 is 4.74 Å². The van der Waals surface area contributed by atoms with Crippen LogP contribution < -0.4 is 4.74 Å². The maximum atomic E-state index is 5.71. The zero-order valence-corrected chi connectivity index (χ0v) is 12.9. The molecule has 2 unspecified atom stereocenters. The molecule has 1 nitrogen and oxygen atoms in total. The zero-order valence-electron chi connectivity index (χ0n) is 11.3. The van der Waals surface area contributed by atoms with E-state index in [1.54, 1.807) is 0 Å². The first-order valence-electron chi connectivity index (χ1n) is 6.47. The lowest BCUT2D eigenvalue weighted by Crippen LogP contribution is -2.06. The highest BCUT2D eigenvalue weighted by Crippen LogP contribution is 2.39. The van der Waals surface area contributed by atoms with E-state index < -0.39 is 0 Å². The molecular weight excluding hydrogens is 276 g/mol. The Balaban J connectivity index is 2.96. The second-order valence-electron chi connectivity index (χ2n) is 4.64. The molecule has 1 rings (SSSR count). The number of hydrogen-bond acceptors (Lipinski definition) is 1. The van der Waals surface area contributed by atoms with Crippen molar-refractivity contribution in [2.45, 2.75) is 45.4 Å². The van der Waals surface area contributed by atoms with Crippen LogP contribution >= 0.6 is 15.9 Å². The Bertz CT molecular complexity index is 349. The Morgan fingerprint density at radius 3 is 2.59 bits per heavy atom. The minimum absolute atomic E-state index is 0.379. The summed E-state index contributed by atoms with van der Waals surface area (Å²) in [4.78, 5) is 0.379. The van der Waals surface area contributed by atoms with Gasteiger partial charge < -0.3 is 4.74 Å². The van der Waals surface area contributed by atoms with E-state index in [4.69, 9.17) is 4.74 Å². The van der Waals surface area contributed by atoms with Crippen molar-refractivity contribution in [2.24, 2.45) is 5.92 Å². The van der Waals surface area contributed by atoms with Gasteiger partial charge in [0.2, 0.25) is 0 Å². The molecule has 17 heavy (non-hydrogen) atoms. The fourth-order valence-corrected chi connectivity index (χ4v) is 2.70. The van der Waals surface area contributed by atoms with Crippen LogP contribution in [0.5, 0.6) is 5.75 Å². The molecule has 0 saturated heterocycles. The van der Waals surface area contributed by atoms with Gasteiger partial charge in [-0.25, -0.2) is 0 Å². The summed E-state index contributed by atoms with van der Waals surface area (Å²) in [6, 6.07) is 6.43. The van der Waals surface area contributed by atoms with Crippen molar-refractivity contribution in [3.8, 4) is 5.75 Å². The molecule has 0 radical (unpaired) electrons. The van der Waals surface area contributed by atoms with E-state index in [0.717, 1.165) is 12.4 Å². The highest BCUT2D eigenvalue weighted by Gasteiger charge is 2.19. The molecule has 2 atom stereocenters. The molecule has 0 fully saturated rings. The van der Waals surface area contributed by atoms with Crippen molar-refractivity contribution >= 4 is 15.9 Å². The van der Waals surface area contributed by atoms with Crippen LogP contribution in [0.2, 0.25) is 0 Å². The van der Waals surface area contributed by atoms with Crippen LogP contribution in [0.15, 0.2) is 18.2 Å². The van der Waals surface area contributed by atoms with Crippen LogP contribution in [0, 0.1) is 12.8 Å². The summed E-state index contributed by atoms with van der Waals surface area (Å²) in [5.74, 6) is 1.64. The summed E-state index contributed by atoms with van der Waals surface area (Å²) in [7, 11) is 0. The number of ether oxygens (including phenoxy) is 1. The average Bonchev–Trinajstić information content (AvgIpc) is 2.31. The van der Waals surface area contributed by atoms with Crippen LogP contribution in [0.1, 0.15) is 49.6 Å². The number of aryl methyl sites for hydroxylation is 1. The lowest BCUT2D eigenvalue weighted by Gasteiger charge is -2.21. The summed E-state index contributed by atoms with van der Waals surface area (Å²) in [5.41, 5.74) is 2.57. The third kappa shape index (κ3) is 4.02. The lowest BCUT2D eigenvalue weighted by atomic mass is 9.95. The van der Waals surface area contributed by atoms with Crippen molar-refractivity contribution in [1.82, 2.24) is 0 Å². The van der Waals surface area contributed by atoms with E-state index in [0.29, 0.717) is 10.7 Å². The number of rotatable bonds is 6. The SMILES string of the molecule is CCCC(C)C(Br)c1cc(C)ccc1OCC. The molecule has 0 amide bonds. The van der Waals surface area contributed by atoms with Gasteiger partial charge in [0.05, 0.1) is 6.61 Å². The zero-order chi connectivity index (χ0) is 12.8. The first-order valence-corrected chi connectivity index (χ1v) is 7.39. The second-order valence-corrected chi connectivity index (χ2v) is 5.63. The van der Waals surface area contributed by atoms with Gasteiger partial charge in [0, 0.05) is 10.4 Å². The molecule has 1 aromatic rings. The smallest absolute Gasteiger partial charge is 0.123 e. The number of alkyl halides is 1. The molecule has 96 valence electrons. The van der Waals surface area contributed by atoms with E-state index in [-0.39, 0.29) is 0 Å². The van der Waals surface area contributed by atoms with Gasteiger partial charge in [0.15, 0.2) is 0 Å². The van der Waals surface area contributed by atoms with Gasteiger partial charge in [-0.3, -0.25) is 0 Å². The Morgan fingerprint density at radius 1 is 1.29 bits per heavy atom. The molecule has 0 aromatic heterocycles. The largest absolute Gasteiger partial charge is 0.494 e. The summed E-state index contributed by atoms with van der Waals surface area (Å²) < 4.78 is 5.71. The molecule has 1 aromatic carbocycles. The predicted octanol–water partition coefficient (Wildman–Crippen LogP) is 5.27. The molecule has 0 heterocycles. The molecule has 0 N–H and O–H groups in total. The molecule has 0 bridgehead atoms. The lowest BCUT2D eigenvalue weighted by molar-refractivity contribution is 0.333.